The van der Waals surface area contributed by atoms with Crippen molar-refractivity contribution in [3.63, 3.8) is 0 Å². The molecular formula is C12H22N4O3S. The summed E-state index contributed by atoms with van der Waals surface area (Å²) in [5.41, 5.74) is 0. The first-order valence-corrected chi connectivity index (χ1v) is 8.29. The van der Waals surface area contributed by atoms with Gasteiger partial charge in [-0.1, -0.05) is 0 Å². The van der Waals surface area contributed by atoms with Gasteiger partial charge in [0, 0.05) is 44.7 Å². The van der Waals surface area contributed by atoms with Crippen LogP contribution < -0.4 is 4.72 Å². The van der Waals surface area contributed by atoms with Crippen LogP contribution in [0.5, 0.6) is 0 Å². The topological polar surface area (TPSA) is 87.5 Å². The smallest absolute Gasteiger partial charge is 0.279 e. The molecule has 0 amide bonds. The summed E-state index contributed by atoms with van der Waals surface area (Å²) < 4.78 is 30.5. The number of imidazole rings is 1. The van der Waals surface area contributed by atoms with E-state index in [4.69, 9.17) is 0 Å². The molecule has 1 fully saturated rings. The SMILES string of the molecule is CC(Cn1ccnc1)NS(=O)(=O)N1CCCC(CO)C1. The van der Waals surface area contributed by atoms with E-state index in [1.165, 1.54) is 4.31 Å². The van der Waals surface area contributed by atoms with Crippen molar-refractivity contribution in [1.29, 1.82) is 0 Å². The molecule has 2 atom stereocenters. The van der Waals surface area contributed by atoms with Crippen molar-refractivity contribution in [2.24, 2.45) is 5.92 Å². The monoisotopic (exact) mass is 302 g/mol. The van der Waals surface area contributed by atoms with Gasteiger partial charge in [-0.2, -0.15) is 17.4 Å². The van der Waals surface area contributed by atoms with E-state index in [0.29, 0.717) is 19.6 Å². The summed E-state index contributed by atoms with van der Waals surface area (Å²) in [6.45, 7) is 3.31. The fourth-order valence-corrected chi connectivity index (χ4v) is 3.98. The predicted molar refractivity (Wildman–Crippen MR) is 75.1 cm³/mol. The van der Waals surface area contributed by atoms with E-state index in [-0.39, 0.29) is 18.6 Å². The lowest BCUT2D eigenvalue weighted by Crippen LogP contribution is -2.49. The summed E-state index contributed by atoms with van der Waals surface area (Å²) in [4.78, 5) is 3.93. The molecule has 0 bridgehead atoms. The van der Waals surface area contributed by atoms with Crippen LogP contribution in [-0.4, -0.2) is 53.1 Å². The molecule has 2 heterocycles. The Hall–Kier alpha value is -0.960. The van der Waals surface area contributed by atoms with Gasteiger partial charge in [-0.15, -0.1) is 0 Å². The number of hydrogen-bond donors (Lipinski definition) is 2. The molecule has 114 valence electrons. The molecule has 20 heavy (non-hydrogen) atoms. The van der Waals surface area contributed by atoms with Crippen molar-refractivity contribution in [3.05, 3.63) is 18.7 Å². The highest BCUT2D eigenvalue weighted by Crippen LogP contribution is 2.18. The number of piperidine rings is 1. The fraction of sp³-hybridized carbons (Fsp3) is 0.750. The Morgan fingerprint density at radius 1 is 1.55 bits per heavy atom. The van der Waals surface area contributed by atoms with Crippen molar-refractivity contribution >= 4 is 10.2 Å². The van der Waals surface area contributed by atoms with Crippen molar-refractivity contribution in [1.82, 2.24) is 18.6 Å². The zero-order valence-electron chi connectivity index (χ0n) is 11.6. The summed E-state index contributed by atoms with van der Waals surface area (Å²) in [7, 11) is -3.49. The first-order valence-electron chi connectivity index (χ1n) is 6.85. The molecule has 0 aliphatic carbocycles. The summed E-state index contributed by atoms with van der Waals surface area (Å²) in [6.07, 6.45) is 6.80. The maximum absolute atomic E-state index is 12.3. The zero-order chi connectivity index (χ0) is 14.6. The van der Waals surface area contributed by atoms with Gasteiger partial charge in [0.1, 0.15) is 0 Å². The molecule has 1 aromatic rings. The lowest BCUT2D eigenvalue weighted by molar-refractivity contribution is 0.164. The molecule has 7 nitrogen and oxygen atoms in total. The number of rotatable bonds is 6. The number of nitrogens with one attached hydrogen (secondary N) is 1. The maximum atomic E-state index is 12.3. The fourth-order valence-electron chi connectivity index (χ4n) is 2.47. The summed E-state index contributed by atoms with van der Waals surface area (Å²) in [5.74, 6) is 0.0456. The molecule has 0 saturated carbocycles. The van der Waals surface area contributed by atoms with Crippen LogP contribution in [0.2, 0.25) is 0 Å². The molecule has 2 unspecified atom stereocenters. The van der Waals surface area contributed by atoms with E-state index >= 15 is 0 Å². The predicted octanol–water partition coefficient (Wildman–Crippen LogP) is -0.190. The molecular weight excluding hydrogens is 280 g/mol. The van der Waals surface area contributed by atoms with Crippen molar-refractivity contribution in [2.45, 2.75) is 32.4 Å². The average molecular weight is 302 g/mol. The highest BCUT2D eigenvalue weighted by molar-refractivity contribution is 7.87. The maximum Gasteiger partial charge on any atom is 0.279 e. The van der Waals surface area contributed by atoms with Crippen LogP contribution in [0.1, 0.15) is 19.8 Å². The van der Waals surface area contributed by atoms with Gasteiger partial charge in [0.15, 0.2) is 0 Å². The lowest BCUT2D eigenvalue weighted by atomic mass is 10.0. The van der Waals surface area contributed by atoms with Gasteiger partial charge in [-0.25, -0.2) is 4.98 Å². The van der Waals surface area contributed by atoms with Gasteiger partial charge in [-0.3, -0.25) is 0 Å². The van der Waals surface area contributed by atoms with E-state index in [1.54, 1.807) is 18.7 Å². The first kappa shape index (κ1) is 15.4. The van der Waals surface area contributed by atoms with Crippen LogP contribution in [0.15, 0.2) is 18.7 Å². The van der Waals surface area contributed by atoms with Gasteiger partial charge < -0.3 is 9.67 Å². The number of nitrogens with zero attached hydrogens (tertiary/aromatic N) is 3. The minimum absolute atomic E-state index is 0.0383. The van der Waals surface area contributed by atoms with E-state index in [0.717, 1.165) is 12.8 Å². The van der Waals surface area contributed by atoms with Crippen LogP contribution in [0, 0.1) is 5.92 Å². The minimum atomic E-state index is -3.49. The normalized spacial score (nSPS) is 22.8. The molecule has 2 N–H and O–H groups in total. The highest BCUT2D eigenvalue weighted by atomic mass is 32.2. The van der Waals surface area contributed by atoms with Crippen LogP contribution in [-0.2, 0) is 16.8 Å². The molecule has 8 heteroatoms. The molecule has 0 aromatic carbocycles. The second-order valence-electron chi connectivity index (χ2n) is 5.33. The van der Waals surface area contributed by atoms with Crippen LogP contribution in [0.25, 0.3) is 0 Å². The number of aliphatic hydroxyl groups is 1. The molecule has 1 saturated heterocycles. The molecule has 1 aliphatic rings. The number of aromatic nitrogens is 2. The minimum Gasteiger partial charge on any atom is -0.396 e. The van der Waals surface area contributed by atoms with Crippen LogP contribution in [0.3, 0.4) is 0 Å². The highest BCUT2D eigenvalue weighted by Gasteiger charge is 2.29. The Bertz CT molecular complexity index is 503. The van der Waals surface area contributed by atoms with Crippen molar-refractivity contribution < 1.29 is 13.5 Å². The largest absolute Gasteiger partial charge is 0.396 e. The Labute approximate surface area is 119 Å². The zero-order valence-corrected chi connectivity index (χ0v) is 12.5. The Kier molecular flexibility index (Phi) is 5.14. The molecule has 2 rings (SSSR count). The molecule has 1 aromatic heterocycles. The quantitative estimate of drug-likeness (QED) is 0.762. The third-order valence-electron chi connectivity index (χ3n) is 3.47. The van der Waals surface area contributed by atoms with Crippen LogP contribution >= 0.6 is 0 Å². The molecule has 1 aliphatic heterocycles. The number of aliphatic hydroxyl groups excluding tert-OH is 1. The van der Waals surface area contributed by atoms with E-state index in [1.807, 2.05) is 11.5 Å². The van der Waals surface area contributed by atoms with E-state index in [9.17, 15) is 13.5 Å². The van der Waals surface area contributed by atoms with Gasteiger partial charge >= 0.3 is 0 Å². The second kappa shape index (κ2) is 6.66. The van der Waals surface area contributed by atoms with E-state index < -0.39 is 10.2 Å². The summed E-state index contributed by atoms with van der Waals surface area (Å²) in [6, 6.07) is -0.219. The summed E-state index contributed by atoms with van der Waals surface area (Å²) in [5, 5.41) is 9.18. The molecule has 0 radical (unpaired) electrons. The Morgan fingerprint density at radius 3 is 3.00 bits per heavy atom. The van der Waals surface area contributed by atoms with Crippen LogP contribution in [0.4, 0.5) is 0 Å². The average Bonchev–Trinajstić information content (AvgIpc) is 2.91. The molecule has 0 spiro atoms. The standard InChI is InChI=1S/C12H22N4O3S/c1-11(7-15-6-4-13-10-15)14-20(18,19)16-5-2-3-12(8-16)9-17/h4,6,10-12,14,17H,2-3,5,7-9H2,1H3. The van der Waals surface area contributed by atoms with Gasteiger partial charge in [-0.05, 0) is 25.7 Å². The number of hydrogen-bond acceptors (Lipinski definition) is 4. The van der Waals surface area contributed by atoms with Gasteiger partial charge in [0.25, 0.3) is 10.2 Å². The van der Waals surface area contributed by atoms with Crippen molar-refractivity contribution in [2.75, 3.05) is 19.7 Å². The second-order valence-corrected chi connectivity index (χ2v) is 7.03. The first-order chi connectivity index (χ1) is 9.51. The van der Waals surface area contributed by atoms with Crippen molar-refractivity contribution in [3.8, 4) is 0 Å². The third-order valence-corrected chi connectivity index (χ3v) is 5.19. The Morgan fingerprint density at radius 2 is 2.35 bits per heavy atom. The third kappa shape index (κ3) is 4.02. The summed E-state index contributed by atoms with van der Waals surface area (Å²) >= 11 is 0. The van der Waals surface area contributed by atoms with Gasteiger partial charge in [0.05, 0.1) is 6.33 Å². The lowest BCUT2D eigenvalue weighted by Gasteiger charge is -2.31. The van der Waals surface area contributed by atoms with Gasteiger partial charge in [0.2, 0.25) is 0 Å². The Balaban J connectivity index is 1.92. The van der Waals surface area contributed by atoms with E-state index in [2.05, 4.69) is 9.71 Å².